The summed E-state index contributed by atoms with van der Waals surface area (Å²) in [7, 11) is -3.77. The lowest BCUT2D eigenvalue weighted by Crippen LogP contribution is -2.45. The van der Waals surface area contributed by atoms with Crippen molar-refractivity contribution in [2.45, 2.75) is 62.8 Å². The highest BCUT2D eigenvalue weighted by atomic mass is 35.5. The lowest BCUT2D eigenvalue weighted by molar-refractivity contribution is -0.122. The molecular weight excluding hydrogens is 535 g/mol. The first-order valence-electron chi connectivity index (χ1n) is 12.4. The third-order valence-electron chi connectivity index (χ3n) is 6.64. The van der Waals surface area contributed by atoms with Crippen LogP contribution in [0, 0.1) is 5.92 Å². The van der Waals surface area contributed by atoms with Crippen molar-refractivity contribution >= 4 is 60.6 Å². The van der Waals surface area contributed by atoms with Crippen molar-refractivity contribution in [3.05, 3.63) is 63.5 Å². The normalized spacial score (nSPS) is 18.0. The third-order valence-corrected chi connectivity index (χ3v) is 10.5. The van der Waals surface area contributed by atoms with Gasteiger partial charge in [0.05, 0.1) is 10.9 Å². The zero-order valence-corrected chi connectivity index (χ0v) is 23.7. The minimum Gasteiger partial charge on any atom is -0.355 e. The minimum absolute atomic E-state index is 0.00113. The maximum absolute atomic E-state index is 13.4. The van der Waals surface area contributed by atoms with Gasteiger partial charge in [0, 0.05) is 33.7 Å². The van der Waals surface area contributed by atoms with Crippen LogP contribution in [0.3, 0.4) is 0 Å². The Kier molecular flexibility index (Phi) is 9.00. The molecule has 2 aromatic carbocycles. The standard InChI is InChI=1S/C27H32Cl2N2O3S2/c1-18(2)15-22(25-16-19-7-3-4-9-24(19)35-25)27(32)30-13-12-21-8-5-6-14-31(21)36(33,34)26-11-10-20(28)17-23(26)29/h3-4,7,9-11,16-18,21-22H,5-6,8,12-15H2,1-2H3,(H,30,32)/t21?,22-/m1/s1. The third kappa shape index (κ3) is 6.25. The van der Waals surface area contributed by atoms with E-state index in [0.717, 1.165) is 35.9 Å². The van der Waals surface area contributed by atoms with E-state index in [0.29, 0.717) is 30.5 Å². The topological polar surface area (TPSA) is 66.5 Å². The number of fused-ring (bicyclic) bond motifs is 1. The second-order valence-electron chi connectivity index (χ2n) is 9.79. The number of carbonyl (C=O) groups is 1. The van der Waals surface area contributed by atoms with Crippen LogP contribution in [0.1, 0.15) is 56.7 Å². The first kappa shape index (κ1) is 27.4. The lowest BCUT2D eigenvalue weighted by atomic mass is 9.94. The SMILES string of the molecule is CC(C)C[C@@H](C(=O)NCCC1CCCCN1S(=O)(=O)c1ccc(Cl)cc1Cl)c1cc2ccccc2s1. The van der Waals surface area contributed by atoms with Crippen molar-refractivity contribution in [1.82, 2.24) is 9.62 Å². The molecule has 3 aromatic rings. The molecule has 1 saturated heterocycles. The van der Waals surface area contributed by atoms with E-state index in [1.54, 1.807) is 21.7 Å². The lowest BCUT2D eigenvalue weighted by Gasteiger charge is -2.35. The molecule has 36 heavy (non-hydrogen) atoms. The summed E-state index contributed by atoms with van der Waals surface area (Å²) in [6.45, 7) is 5.11. The second kappa shape index (κ2) is 11.8. The van der Waals surface area contributed by atoms with Crippen LogP contribution in [-0.4, -0.2) is 37.8 Å². The number of nitrogens with one attached hydrogen (secondary N) is 1. The summed E-state index contributed by atoms with van der Waals surface area (Å²) < 4.78 is 29.6. The van der Waals surface area contributed by atoms with E-state index in [9.17, 15) is 13.2 Å². The number of nitrogens with zero attached hydrogens (tertiary/aromatic N) is 1. The molecule has 1 amide bonds. The molecule has 1 N–H and O–H groups in total. The van der Waals surface area contributed by atoms with E-state index < -0.39 is 10.0 Å². The molecule has 0 spiro atoms. The predicted molar refractivity (Wildman–Crippen MR) is 150 cm³/mol. The van der Waals surface area contributed by atoms with E-state index in [-0.39, 0.29) is 27.8 Å². The highest BCUT2D eigenvalue weighted by Crippen LogP contribution is 2.35. The number of hydrogen-bond acceptors (Lipinski definition) is 4. The first-order chi connectivity index (χ1) is 17.2. The average Bonchev–Trinajstić information content (AvgIpc) is 3.26. The molecule has 1 aliphatic rings. The summed E-state index contributed by atoms with van der Waals surface area (Å²) in [6, 6.07) is 14.6. The van der Waals surface area contributed by atoms with Gasteiger partial charge in [-0.1, -0.05) is 61.7 Å². The number of halogens is 2. The predicted octanol–water partition coefficient (Wildman–Crippen LogP) is 7.09. The fraction of sp³-hybridized carbons (Fsp3) is 0.444. The number of rotatable bonds is 9. The van der Waals surface area contributed by atoms with Crippen LogP contribution in [0.15, 0.2) is 53.4 Å². The summed E-state index contributed by atoms with van der Waals surface area (Å²) in [5.41, 5.74) is 0. The fourth-order valence-electron chi connectivity index (χ4n) is 4.87. The Hall–Kier alpha value is -1.64. The monoisotopic (exact) mass is 566 g/mol. The largest absolute Gasteiger partial charge is 0.355 e. The van der Waals surface area contributed by atoms with E-state index in [1.807, 2.05) is 12.1 Å². The van der Waals surface area contributed by atoms with Crippen molar-refractivity contribution in [1.29, 1.82) is 0 Å². The van der Waals surface area contributed by atoms with Gasteiger partial charge in [-0.15, -0.1) is 11.3 Å². The molecule has 1 fully saturated rings. The van der Waals surface area contributed by atoms with E-state index >= 15 is 0 Å². The van der Waals surface area contributed by atoms with Crippen LogP contribution in [0.2, 0.25) is 10.0 Å². The number of carbonyl (C=O) groups excluding carboxylic acids is 1. The molecule has 4 rings (SSSR count). The van der Waals surface area contributed by atoms with Gasteiger partial charge >= 0.3 is 0 Å². The smallest absolute Gasteiger partial charge is 0.244 e. The molecule has 1 aliphatic heterocycles. The van der Waals surface area contributed by atoms with E-state index in [2.05, 4.69) is 37.4 Å². The van der Waals surface area contributed by atoms with Crippen LogP contribution in [-0.2, 0) is 14.8 Å². The van der Waals surface area contributed by atoms with Crippen LogP contribution in [0.5, 0.6) is 0 Å². The number of benzene rings is 2. The van der Waals surface area contributed by atoms with Gasteiger partial charge in [-0.05, 0) is 67.3 Å². The van der Waals surface area contributed by atoms with Gasteiger partial charge in [0.15, 0.2) is 0 Å². The van der Waals surface area contributed by atoms with Gasteiger partial charge < -0.3 is 5.32 Å². The molecular formula is C27H32Cl2N2O3S2. The average molecular weight is 568 g/mol. The number of amides is 1. The summed E-state index contributed by atoms with van der Waals surface area (Å²) in [6.07, 6.45) is 3.83. The van der Waals surface area contributed by atoms with Crippen molar-refractivity contribution in [2.24, 2.45) is 5.92 Å². The fourth-order valence-corrected chi connectivity index (χ4v) is 8.52. The van der Waals surface area contributed by atoms with Gasteiger partial charge in [-0.3, -0.25) is 4.79 Å². The molecule has 1 aromatic heterocycles. The van der Waals surface area contributed by atoms with Crippen LogP contribution < -0.4 is 5.32 Å². The highest BCUT2D eigenvalue weighted by Gasteiger charge is 2.34. The number of piperidine rings is 1. The molecule has 0 aliphatic carbocycles. The van der Waals surface area contributed by atoms with Gasteiger partial charge in [0.25, 0.3) is 0 Å². The Morgan fingerprint density at radius 3 is 2.64 bits per heavy atom. The Labute approximate surface area is 227 Å². The van der Waals surface area contributed by atoms with Gasteiger partial charge in [-0.2, -0.15) is 4.31 Å². The second-order valence-corrected chi connectivity index (χ2v) is 13.6. The van der Waals surface area contributed by atoms with Crippen LogP contribution in [0.25, 0.3) is 10.1 Å². The first-order valence-corrected chi connectivity index (χ1v) is 15.4. The molecule has 1 unspecified atom stereocenters. The molecule has 0 saturated carbocycles. The van der Waals surface area contributed by atoms with Gasteiger partial charge in [0.1, 0.15) is 4.90 Å². The number of thiophene rings is 1. The van der Waals surface area contributed by atoms with Crippen LogP contribution >= 0.6 is 34.5 Å². The highest BCUT2D eigenvalue weighted by molar-refractivity contribution is 7.89. The zero-order chi connectivity index (χ0) is 25.9. The van der Waals surface area contributed by atoms with Gasteiger partial charge in [-0.25, -0.2) is 8.42 Å². The van der Waals surface area contributed by atoms with E-state index in [1.165, 1.54) is 16.8 Å². The maximum Gasteiger partial charge on any atom is 0.244 e. The molecule has 2 heterocycles. The van der Waals surface area contributed by atoms with Crippen molar-refractivity contribution < 1.29 is 13.2 Å². The summed E-state index contributed by atoms with van der Waals surface area (Å²) in [5.74, 6) is 0.150. The Morgan fingerprint density at radius 2 is 1.92 bits per heavy atom. The zero-order valence-electron chi connectivity index (χ0n) is 20.5. The van der Waals surface area contributed by atoms with Crippen molar-refractivity contribution in [3.8, 4) is 0 Å². The maximum atomic E-state index is 13.4. The summed E-state index contributed by atoms with van der Waals surface area (Å²) in [4.78, 5) is 14.5. The molecule has 0 bridgehead atoms. The number of hydrogen-bond donors (Lipinski definition) is 1. The quantitative estimate of drug-likeness (QED) is 0.300. The Bertz CT molecular complexity index is 1290. The van der Waals surface area contributed by atoms with E-state index in [4.69, 9.17) is 23.2 Å². The Balaban J connectivity index is 1.45. The van der Waals surface area contributed by atoms with Crippen LogP contribution in [0.4, 0.5) is 0 Å². The Morgan fingerprint density at radius 1 is 1.14 bits per heavy atom. The molecule has 0 radical (unpaired) electrons. The molecule has 194 valence electrons. The molecule has 5 nitrogen and oxygen atoms in total. The molecule has 9 heteroatoms. The van der Waals surface area contributed by atoms with Gasteiger partial charge in [0.2, 0.25) is 15.9 Å². The number of sulfonamides is 1. The summed E-state index contributed by atoms with van der Waals surface area (Å²) in [5, 5.41) is 4.79. The molecule has 2 atom stereocenters. The van der Waals surface area contributed by atoms with Crippen molar-refractivity contribution in [2.75, 3.05) is 13.1 Å². The van der Waals surface area contributed by atoms with Crippen molar-refractivity contribution in [3.63, 3.8) is 0 Å². The summed E-state index contributed by atoms with van der Waals surface area (Å²) >= 11 is 13.9. The minimum atomic E-state index is -3.77.